The molecular weight excluding hydrogens is 258 g/mol. The first-order valence-electron chi connectivity index (χ1n) is 5.14. The minimum atomic E-state index is 0.499. The number of nitrogens with one attached hydrogen (secondary N) is 1. The molecule has 14 heavy (non-hydrogen) atoms. The smallest absolute Gasteiger partial charge is 0.0452 e. The molecule has 1 unspecified atom stereocenters. The summed E-state index contributed by atoms with van der Waals surface area (Å²) in [7, 11) is 2.05. The zero-order chi connectivity index (χ0) is 10.6. The van der Waals surface area contributed by atoms with Crippen LogP contribution in [0.4, 0.5) is 0 Å². The topological polar surface area (TPSA) is 12.0 Å². The van der Waals surface area contributed by atoms with Gasteiger partial charge in [-0.25, -0.2) is 0 Å². The molecule has 0 saturated heterocycles. The number of hydrogen-bond donors (Lipinski definition) is 1. The Morgan fingerprint density at radius 3 is 2.43 bits per heavy atom. The lowest BCUT2D eigenvalue weighted by Crippen LogP contribution is -2.23. The molecule has 0 bridgehead atoms. The van der Waals surface area contributed by atoms with Gasteiger partial charge in [-0.2, -0.15) is 0 Å². The number of hydrogen-bond acceptors (Lipinski definition) is 2. The van der Waals surface area contributed by atoms with Crippen LogP contribution in [0.2, 0.25) is 0 Å². The molecule has 0 spiro atoms. The van der Waals surface area contributed by atoms with Gasteiger partial charge in [-0.15, -0.1) is 11.3 Å². The van der Waals surface area contributed by atoms with Crippen molar-refractivity contribution in [1.29, 1.82) is 0 Å². The van der Waals surface area contributed by atoms with Crippen molar-refractivity contribution >= 4 is 27.3 Å². The largest absolute Gasteiger partial charge is 0.312 e. The Bertz CT molecular complexity index is 268. The third-order valence-electron chi connectivity index (χ3n) is 2.76. The van der Waals surface area contributed by atoms with E-state index in [-0.39, 0.29) is 0 Å². The lowest BCUT2D eigenvalue weighted by molar-refractivity contribution is 0.363. The fourth-order valence-electron chi connectivity index (χ4n) is 1.87. The van der Waals surface area contributed by atoms with Crippen molar-refractivity contribution in [3.8, 4) is 0 Å². The Morgan fingerprint density at radius 2 is 2.07 bits per heavy atom. The average Bonchev–Trinajstić information content (AvgIpc) is 2.61. The quantitative estimate of drug-likeness (QED) is 0.849. The standard InChI is InChI=1S/C11H18BrNS/c1-4-8(5-2)10(13-3)11-9(12)6-7-14-11/h6-8,10,13H,4-5H2,1-3H3. The van der Waals surface area contributed by atoms with E-state index in [1.807, 2.05) is 11.3 Å². The molecule has 1 nitrogen and oxygen atoms in total. The van der Waals surface area contributed by atoms with E-state index in [4.69, 9.17) is 0 Å². The van der Waals surface area contributed by atoms with Gasteiger partial charge in [0, 0.05) is 15.4 Å². The van der Waals surface area contributed by atoms with E-state index in [2.05, 4.69) is 53.6 Å². The molecule has 0 amide bonds. The van der Waals surface area contributed by atoms with E-state index >= 15 is 0 Å². The molecule has 0 fully saturated rings. The van der Waals surface area contributed by atoms with Crippen LogP contribution in [0.3, 0.4) is 0 Å². The summed E-state index contributed by atoms with van der Waals surface area (Å²) >= 11 is 5.44. The number of halogens is 1. The van der Waals surface area contributed by atoms with Gasteiger partial charge in [-0.1, -0.05) is 26.7 Å². The Morgan fingerprint density at radius 1 is 1.43 bits per heavy atom. The summed E-state index contributed by atoms with van der Waals surface area (Å²) in [5, 5.41) is 5.57. The van der Waals surface area contributed by atoms with Crippen LogP contribution in [0.5, 0.6) is 0 Å². The Kier molecular flexibility index (Phi) is 5.13. The zero-order valence-electron chi connectivity index (χ0n) is 9.01. The third kappa shape index (κ3) is 2.59. The second-order valence-electron chi connectivity index (χ2n) is 3.48. The highest BCUT2D eigenvalue weighted by atomic mass is 79.9. The molecule has 1 aromatic heterocycles. The summed E-state index contributed by atoms with van der Waals surface area (Å²) in [4.78, 5) is 1.43. The summed E-state index contributed by atoms with van der Waals surface area (Å²) in [5.74, 6) is 0.731. The van der Waals surface area contributed by atoms with E-state index in [1.165, 1.54) is 22.2 Å². The molecule has 1 aromatic rings. The normalized spacial score (nSPS) is 13.5. The second-order valence-corrected chi connectivity index (χ2v) is 5.28. The number of thiophene rings is 1. The Balaban J connectivity index is 2.86. The van der Waals surface area contributed by atoms with Crippen LogP contribution < -0.4 is 5.32 Å². The summed E-state index contributed by atoms with van der Waals surface area (Å²) in [6.07, 6.45) is 2.46. The van der Waals surface area contributed by atoms with Crippen molar-refractivity contribution in [3.63, 3.8) is 0 Å². The predicted molar refractivity (Wildman–Crippen MR) is 67.9 cm³/mol. The third-order valence-corrected chi connectivity index (χ3v) is 4.71. The van der Waals surface area contributed by atoms with E-state index in [0.29, 0.717) is 6.04 Å². The van der Waals surface area contributed by atoms with Crippen molar-refractivity contribution in [3.05, 3.63) is 20.8 Å². The summed E-state index contributed by atoms with van der Waals surface area (Å²) in [5.41, 5.74) is 0. The van der Waals surface area contributed by atoms with Gasteiger partial charge < -0.3 is 5.32 Å². The van der Waals surface area contributed by atoms with Gasteiger partial charge in [0.25, 0.3) is 0 Å². The molecule has 1 rings (SSSR count). The van der Waals surface area contributed by atoms with Crippen LogP contribution in [0.25, 0.3) is 0 Å². The zero-order valence-corrected chi connectivity index (χ0v) is 11.4. The molecule has 3 heteroatoms. The van der Waals surface area contributed by atoms with E-state index in [0.717, 1.165) is 5.92 Å². The molecule has 80 valence electrons. The van der Waals surface area contributed by atoms with Gasteiger partial charge in [0.2, 0.25) is 0 Å². The Labute approximate surface area is 99.0 Å². The maximum atomic E-state index is 3.60. The van der Waals surface area contributed by atoms with Gasteiger partial charge in [-0.05, 0) is 40.3 Å². The first-order chi connectivity index (χ1) is 6.74. The van der Waals surface area contributed by atoms with E-state index < -0.39 is 0 Å². The van der Waals surface area contributed by atoms with Crippen LogP contribution >= 0.6 is 27.3 Å². The van der Waals surface area contributed by atoms with Crippen LogP contribution in [-0.4, -0.2) is 7.05 Å². The summed E-state index contributed by atoms with van der Waals surface area (Å²) in [6.45, 7) is 4.53. The Hall–Kier alpha value is 0.140. The minimum Gasteiger partial charge on any atom is -0.312 e. The fourth-order valence-corrected chi connectivity index (χ4v) is 3.69. The van der Waals surface area contributed by atoms with Gasteiger partial charge >= 0.3 is 0 Å². The molecule has 1 N–H and O–H groups in total. The van der Waals surface area contributed by atoms with Crippen molar-refractivity contribution in [2.24, 2.45) is 5.92 Å². The van der Waals surface area contributed by atoms with E-state index in [1.54, 1.807) is 0 Å². The van der Waals surface area contributed by atoms with Crippen LogP contribution in [0, 0.1) is 5.92 Å². The van der Waals surface area contributed by atoms with Crippen LogP contribution in [-0.2, 0) is 0 Å². The predicted octanol–water partition coefficient (Wildman–Crippen LogP) is 4.21. The van der Waals surface area contributed by atoms with Crippen LogP contribution in [0.15, 0.2) is 15.9 Å². The highest BCUT2D eigenvalue weighted by Crippen LogP contribution is 2.35. The molecule has 1 atom stereocenters. The van der Waals surface area contributed by atoms with Gasteiger partial charge in [-0.3, -0.25) is 0 Å². The van der Waals surface area contributed by atoms with Crippen molar-refractivity contribution < 1.29 is 0 Å². The maximum absolute atomic E-state index is 3.60. The molecule has 0 radical (unpaired) electrons. The molecule has 0 aromatic carbocycles. The average molecular weight is 276 g/mol. The lowest BCUT2D eigenvalue weighted by atomic mass is 9.93. The SMILES string of the molecule is CCC(CC)C(NC)c1sccc1Br. The van der Waals surface area contributed by atoms with Crippen molar-refractivity contribution in [2.75, 3.05) is 7.05 Å². The van der Waals surface area contributed by atoms with Gasteiger partial charge in [0.15, 0.2) is 0 Å². The van der Waals surface area contributed by atoms with Crippen LogP contribution in [0.1, 0.15) is 37.6 Å². The molecule has 0 saturated carbocycles. The summed E-state index contributed by atoms with van der Waals surface area (Å²) < 4.78 is 1.24. The van der Waals surface area contributed by atoms with Gasteiger partial charge in [0.05, 0.1) is 0 Å². The minimum absolute atomic E-state index is 0.499. The summed E-state index contributed by atoms with van der Waals surface area (Å²) in [6, 6.07) is 2.63. The monoisotopic (exact) mass is 275 g/mol. The molecule has 0 aliphatic heterocycles. The highest BCUT2D eigenvalue weighted by Gasteiger charge is 2.21. The molecular formula is C11H18BrNS. The highest BCUT2D eigenvalue weighted by molar-refractivity contribution is 9.10. The first-order valence-corrected chi connectivity index (χ1v) is 6.81. The first kappa shape index (κ1) is 12.2. The van der Waals surface area contributed by atoms with Gasteiger partial charge in [0.1, 0.15) is 0 Å². The van der Waals surface area contributed by atoms with Crippen molar-refractivity contribution in [2.45, 2.75) is 32.7 Å². The maximum Gasteiger partial charge on any atom is 0.0452 e. The fraction of sp³-hybridized carbons (Fsp3) is 0.636. The second kappa shape index (κ2) is 5.89. The molecule has 0 aliphatic rings. The molecule has 0 aliphatic carbocycles. The number of rotatable bonds is 5. The van der Waals surface area contributed by atoms with E-state index in [9.17, 15) is 0 Å². The molecule has 1 heterocycles. The van der Waals surface area contributed by atoms with Crippen molar-refractivity contribution in [1.82, 2.24) is 5.32 Å². The lowest BCUT2D eigenvalue weighted by Gasteiger charge is -2.24.